The molecule has 1 heterocycles. The van der Waals surface area contributed by atoms with E-state index >= 15 is 0 Å². The quantitative estimate of drug-likeness (QED) is 0.738. The number of ether oxygens (including phenoxy) is 1. The first-order chi connectivity index (χ1) is 13.4. The number of carbonyl (C=O) groups excluding carboxylic acids is 1. The maximum atomic E-state index is 13.0. The van der Waals surface area contributed by atoms with Crippen LogP contribution in [-0.4, -0.2) is 26.4 Å². The number of hydrogen-bond acceptors (Lipinski definition) is 5. The van der Waals surface area contributed by atoms with Crippen molar-refractivity contribution < 1.29 is 17.9 Å². The Morgan fingerprint density at radius 3 is 2.61 bits per heavy atom. The molecular formula is C20H25N3O4S. The molecule has 7 nitrogen and oxygen atoms in total. The molecule has 1 aliphatic carbocycles. The number of amides is 1. The van der Waals surface area contributed by atoms with E-state index in [-0.39, 0.29) is 12.5 Å². The molecule has 0 fully saturated rings. The van der Waals surface area contributed by atoms with Crippen LogP contribution >= 0.6 is 0 Å². The van der Waals surface area contributed by atoms with Crippen LogP contribution in [0.2, 0.25) is 0 Å². The Kier molecular flexibility index (Phi) is 6.31. The monoisotopic (exact) mass is 403 g/mol. The summed E-state index contributed by atoms with van der Waals surface area (Å²) in [5.41, 5.74) is 3.31. The zero-order chi connectivity index (χ0) is 20.1. The number of pyridine rings is 1. The summed E-state index contributed by atoms with van der Waals surface area (Å²) >= 11 is 0. The number of rotatable bonds is 7. The van der Waals surface area contributed by atoms with Gasteiger partial charge in [0, 0.05) is 19.7 Å². The maximum absolute atomic E-state index is 13.0. The first kappa shape index (κ1) is 20.3. The van der Waals surface area contributed by atoms with Crippen molar-refractivity contribution >= 4 is 15.9 Å². The third-order valence-corrected chi connectivity index (χ3v) is 6.31. The van der Waals surface area contributed by atoms with Gasteiger partial charge >= 0.3 is 0 Å². The molecule has 0 aliphatic heterocycles. The van der Waals surface area contributed by atoms with Crippen molar-refractivity contribution in [3.8, 4) is 5.75 Å². The summed E-state index contributed by atoms with van der Waals surface area (Å²) < 4.78 is 34.0. The van der Waals surface area contributed by atoms with E-state index in [4.69, 9.17) is 4.74 Å². The highest BCUT2D eigenvalue weighted by Crippen LogP contribution is 2.34. The van der Waals surface area contributed by atoms with Crippen LogP contribution in [0.15, 0.2) is 35.4 Å². The van der Waals surface area contributed by atoms with Crippen molar-refractivity contribution in [1.82, 2.24) is 15.0 Å². The number of aromatic nitrogens is 1. The second kappa shape index (κ2) is 8.70. The van der Waals surface area contributed by atoms with Gasteiger partial charge in [-0.1, -0.05) is 0 Å². The summed E-state index contributed by atoms with van der Waals surface area (Å²) in [6.07, 6.45) is 5.18. The van der Waals surface area contributed by atoms with E-state index in [9.17, 15) is 13.2 Å². The van der Waals surface area contributed by atoms with Gasteiger partial charge in [0.1, 0.15) is 5.75 Å². The number of nitrogens with zero attached hydrogens (tertiary/aromatic N) is 1. The molecule has 28 heavy (non-hydrogen) atoms. The molecular weight excluding hydrogens is 378 g/mol. The molecule has 0 radical (unpaired) electrons. The lowest BCUT2D eigenvalue weighted by atomic mass is 9.91. The Morgan fingerprint density at radius 2 is 1.89 bits per heavy atom. The topological polar surface area (TPSA) is 97.4 Å². The number of nitrogens with one attached hydrogen (secondary N) is 2. The molecule has 3 rings (SSSR count). The molecule has 150 valence electrons. The highest BCUT2D eigenvalue weighted by molar-refractivity contribution is 7.89. The fraction of sp³-hybridized carbons (Fsp3) is 0.400. The van der Waals surface area contributed by atoms with Crippen molar-refractivity contribution in [2.75, 3.05) is 7.11 Å². The molecule has 0 saturated heterocycles. The van der Waals surface area contributed by atoms with Crippen molar-refractivity contribution in [2.24, 2.45) is 0 Å². The molecule has 8 heteroatoms. The number of benzene rings is 1. The lowest BCUT2D eigenvalue weighted by Crippen LogP contribution is -2.26. The third kappa shape index (κ3) is 4.69. The molecule has 1 amide bonds. The Morgan fingerprint density at radius 1 is 1.14 bits per heavy atom. The molecule has 2 aromatic rings. The van der Waals surface area contributed by atoms with Gasteiger partial charge < -0.3 is 10.1 Å². The standard InChI is InChI=1S/C20H25N3O4S/c1-14(24)22-13-16-11-15(9-10-21-16)12-23-28(25,26)20-8-7-19(27-2)17-5-3-4-6-18(17)20/h7-11,23H,3-6,12-13H2,1-2H3,(H,22,24). The van der Waals surface area contributed by atoms with Crippen LogP contribution in [0.25, 0.3) is 0 Å². The highest BCUT2D eigenvalue weighted by atomic mass is 32.2. The molecule has 0 spiro atoms. The maximum Gasteiger partial charge on any atom is 0.241 e. The Bertz CT molecular complexity index is 973. The smallest absolute Gasteiger partial charge is 0.241 e. The summed E-state index contributed by atoms with van der Waals surface area (Å²) in [6, 6.07) is 6.89. The predicted molar refractivity (Wildman–Crippen MR) is 105 cm³/mol. The summed E-state index contributed by atoms with van der Waals surface area (Å²) in [4.78, 5) is 15.6. The van der Waals surface area contributed by atoms with Crippen molar-refractivity contribution in [3.63, 3.8) is 0 Å². The van der Waals surface area contributed by atoms with Crippen LogP contribution in [-0.2, 0) is 40.7 Å². The average molecular weight is 404 g/mol. The number of sulfonamides is 1. The second-order valence-electron chi connectivity index (χ2n) is 6.82. The SMILES string of the molecule is COc1ccc(S(=O)(=O)NCc2ccnc(CNC(C)=O)c2)c2c1CCCC2. The fourth-order valence-electron chi connectivity index (χ4n) is 3.45. The van der Waals surface area contributed by atoms with Crippen LogP contribution < -0.4 is 14.8 Å². The first-order valence-electron chi connectivity index (χ1n) is 9.27. The van der Waals surface area contributed by atoms with E-state index in [0.717, 1.165) is 48.1 Å². The average Bonchev–Trinajstić information content (AvgIpc) is 2.70. The fourth-order valence-corrected chi connectivity index (χ4v) is 4.76. The predicted octanol–water partition coefficient (Wildman–Crippen LogP) is 2.08. The van der Waals surface area contributed by atoms with Crippen molar-refractivity contribution in [3.05, 3.63) is 52.8 Å². The van der Waals surface area contributed by atoms with E-state index in [1.54, 1.807) is 37.6 Å². The van der Waals surface area contributed by atoms with Gasteiger partial charge in [-0.3, -0.25) is 9.78 Å². The van der Waals surface area contributed by atoms with Crippen LogP contribution in [0, 0.1) is 0 Å². The molecule has 0 unspecified atom stereocenters. The zero-order valence-corrected chi connectivity index (χ0v) is 16.9. The molecule has 0 atom stereocenters. The Hall–Kier alpha value is -2.45. The van der Waals surface area contributed by atoms with E-state index in [0.29, 0.717) is 17.1 Å². The van der Waals surface area contributed by atoms with Gasteiger partial charge in [0.05, 0.1) is 24.2 Å². The van der Waals surface area contributed by atoms with Crippen molar-refractivity contribution in [1.29, 1.82) is 0 Å². The third-order valence-electron chi connectivity index (χ3n) is 4.82. The van der Waals surface area contributed by atoms with Gasteiger partial charge in [0.2, 0.25) is 15.9 Å². The number of hydrogen-bond donors (Lipinski definition) is 2. The van der Waals surface area contributed by atoms with E-state index in [2.05, 4.69) is 15.0 Å². The minimum absolute atomic E-state index is 0.141. The summed E-state index contributed by atoms with van der Waals surface area (Å²) in [6.45, 7) is 1.90. The molecule has 0 saturated carbocycles. The van der Waals surface area contributed by atoms with E-state index in [1.807, 2.05) is 0 Å². The number of methoxy groups -OCH3 is 1. The van der Waals surface area contributed by atoms with Gasteiger partial charge in [-0.25, -0.2) is 13.1 Å². The molecule has 1 aromatic carbocycles. The summed E-state index contributed by atoms with van der Waals surface area (Å²) in [7, 11) is -2.05. The van der Waals surface area contributed by atoms with Crippen LogP contribution in [0.4, 0.5) is 0 Å². The lowest BCUT2D eigenvalue weighted by molar-refractivity contribution is -0.119. The van der Waals surface area contributed by atoms with Gasteiger partial charge in [-0.05, 0) is 66.6 Å². The Labute approximate surface area is 165 Å². The van der Waals surface area contributed by atoms with Crippen LogP contribution in [0.5, 0.6) is 5.75 Å². The van der Waals surface area contributed by atoms with Crippen LogP contribution in [0.3, 0.4) is 0 Å². The molecule has 0 bridgehead atoms. The number of carbonyl (C=O) groups is 1. The minimum Gasteiger partial charge on any atom is -0.496 e. The van der Waals surface area contributed by atoms with Gasteiger partial charge in [0.15, 0.2) is 0 Å². The number of fused-ring (bicyclic) bond motifs is 1. The molecule has 2 N–H and O–H groups in total. The zero-order valence-electron chi connectivity index (χ0n) is 16.1. The first-order valence-corrected chi connectivity index (χ1v) is 10.8. The minimum atomic E-state index is -3.66. The molecule has 1 aromatic heterocycles. The van der Waals surface area contributed by atoms with Crippen molar-refractivity contribution in [2.45, 2.75) is 50.6 Å². The van der Waals surface area contributed by atoms with Gasteiger partial charge in [0.25, 0.3) is 0 Å². The van der Waals surface area contributed by atoms with E-state index in [1.165, 1.54) is 6.92 Å². The highest BCUT2D eigenvalue weighted by Gasteiger charge is 2.24. The van der Waals surface area contributed by atoms with Gasteiger partial charge in [-0.15, -0.1) is 0 Å². The van der Waals surface area contributed by atoms with Crippen LogP contribution in [0.1, 0.15) is 42.1 Å². The largest absolute Gasteiger partial charge is 0.496 e. The summed E-state index contributed by atoms with van der Waals surface area (Å²) in [5, 5.41) is 2.68. The Balaban J connectivity index is 1.78. The lowest BCUT2D eigenvalue weighted by Gasteiger charge is -2.22. The van der Waals surface area contributed by atoms with Gasteiger partial charge in [-0.2, -0.15) is 0 Å². The summed E-state index contributed by atoms with van der Waals surface area (Å²) in [5.74, 6) is 0.614. The molecule has 1 aliphatic rings. The van der Waals surface area contributed by atoms with E-state index < -0.39 is 10.0 Å². The normalized spacial score (nSPS) is 13.6. The second-order valence-corrected chi connectivity index (χ2v) is 8.56.